The number of rotatable bonds is 2. The van der Waals surface area contributed by atoms with Crippen molar-refractivity contribution in [1.82, 2.24) is 0 Å². The summed E-state index contributed by atoms with van der Waals surface area (Å²) in [6.45, 7) is 0. The maximum Gasteiger partial charge on any atom is 0.267 e. The van der Waals surface area contributed by atoms with Crippen molar-refractivity contribution >= 4 is 28.8 Å². The van der Waals surface area contributed by atoms with Crippen LogP contribution < -0.4 is 10.2 Å². The summed E-state index contributed by atoms with van der Waals surface area (Å²) in [5, 5.41) is 21.4. The van der Waals surface area contributed by atoms with Crippen LogP contribution in [0, 0.1) is 11.3 Å². The maximum atomic E-state index is 12.5. The number of nitriles is 1. The van der Waals surface area contributed by atoms with Crippen molar-refractivity contribution in [2.45, 2.75) is 0 Å². The third kappa shape index (κ3) is 2.48. The first kappa shape index (κ1) is 15.3. The lowest BCUT2D eigenvalue weighted by Crippen LogP contribution is -2.23. The molecule has 2 amide bonds. The fourth-order valence-electron chi connectivity index (χ4n) is 2.61. The lowest BCUT2D eigenvalue weighted by molar-refractivity contribution is -0.114. The molecule has 0 aromatic heterocycles. The van der Waals surface area contributed by atoms with Gasteiger partial charge in [-0.15, -0.1) is 0 Å². The number of hydrogen-bond acceptors (Lipinski definition) is 4. The van der Waals surface area contributed by atoms with Crippen LogP contribution in [0.2, 0.25) is 0 Å². The van der Waals surface area contributed by atoms with Crippen molar-refractivity contribution in [2.24, 2.45) is 0 Å². The molecule has 2 N–H and O–H groups in total. The molecule has 0 saturated heterocycles. The summed E-state index contributed by atoms with van der Waals surface area (Å²) < 4.78 is 0. The van der Waals surface area contributed by atoms with Gasteiger partial charge in [-0.25, -0.2) is 0 Å². The molecule has 6 heteroatoms. The van der Waals surface area contributed by atoms with Crippen molar-refractivity contribution in [3.05, 3.63) is 59.7 Å². The first-order valence-corrected chi connectivity index (χ1v) is 7.15. The molecule has 0 unspecified atom stereocenters. The van der Waals surface area contributed by atoms with Gasteiger partial charge < -0.3 is 15.3 Å². The summed E-state index contributed by atoms with van der Waals surface area (Å²) >= 11 is 0. The monoisotopic (exact) mass is 319 g/mol. The van der Waals surface area contributed by atoms with Crippen molar-refractivity contribution in [1.29, 1.82) is 5.26 Å². The third-order valence-corrected chi connectivity index (χ3v) is 3.75. The Kier molecular flexibility index (Phi) is 3.76. The van der Waals surface area contributed by atoms with Gasteiger partial charge in [-0.05, 0) is 18.2 Å². The first-order valence-electron chi connectivity index (χ1n) is 7.15. The summed E-state index contributed by atoms with van der Waals surface area (Å²) in [7, 11) is 1.59. The molecule has 6 nitrogen and oxygen atoms in total. The summed E-state index contributed by atoms with van der Waals surface area (Å²) in [5.41, 5.74) is 1.34. The normalized spacial score (nSPS) is 14.8. The van der Waals surface area contributed by atoms with Crippen LogP contribution in [0.4, 0.5) is 11.4 Å². The number of carbonyl (C=O) groups excluding carboxylic acids is 2. The van der Waals surface area contributed by atoms with Crippen LogP contribution >= 0.6 is 0 Å². The molecule has 1 aliphatic rings. The molecule has 24 heavy (non-hydrogen) atoms. The second-order valence-corrected chi connectivity index (χ2v) is 5.25. The Labute approximate surface area is 138 Å². The standard InChI is InChI=1S/C18H13N3O3/c1-21-15-8-3-2-7-13(15)16(18(21)24)14(10-19)17(23)20-11-5-4-6-12(22)9-11/h2-9,22H,1H3,(H,20,23). The number of nitrogens with zero attached hydrogens (tertiary/aromatic N) is 2. The van der Waals surface area contributed by atoms with E-state index in [2.05, 4.69) is 5.32 Å². The van der Waals surface area contributed by atoms with Crippen molar-refractivity contribution in [2.75, 3.05) is 17.3 Å². The van der Waals surface area contributed by atoms with E-state index in [1.54, 1.807) is 43.4 Å². The molecule has 0 bridgehead atoms. The zero-order valence-corrected chi connectivity index (χ0v) is 12.8. The fourth-order valence-corrected chi connectivity index (χ4v) is 2.61. The molecule has 0 atom stereocenters. The average Bonchev–Trinajstić information content (AvgIpc) is 2.81. The predicted octanol–water partition coefficient (Wildman–Crippen LogP) is 2.28. The maximum absolute atomic E-state index is 12.5. The van der Waals surface area contributed by atoms with Gasteiger partial charge in [0.05, 0.1) is 11.3 Å². The van der Waals surface area contributed by atoms with Crippen LogP contribution in [-0.4, -0.2) is 24.0 Å². The molecule has 0 aliphatic carbocycles. The van der Waals surface area contributed by atoms with Crippen LogP contribution in [0.15, 0.2) is 54.1 Å². The van der Waals surface area contributed by atoms with E-state index in [1.807, 2.05) is 6.07 Å². The summed E-state index contributed by atoms with van der Waals surface area (Å²) in [6, 6.07) is 14.8. The lowest BCUT2D eigenvalue weighted by atomic mass is 10.0. The Hall–Kier alpha value is -3.59. The van der Waals surface area contributed by atoms with E-state index in [0.29, 0.717) is 16.9 Å². The van der Waals surface area contributed by atoms with Crippen LogP contribution in [-0.2, 0) is 9.59 Å². The highest BCUT2D eigenvalue weighted by Crippen LogP contribution is 2.37. The highest BCUT2D eigenvalue weighted by molar-refractivity contribution is 6.37. The van der Waals surface area contributed by atoms with Crippen molar-refractivity contribution < 1.29 is 14.7 Å². The zero-order valence-electron chi connectivity index (χ0n) is 12.8. The molecule has 1 heterocycles. The van der Waals surface area contributed by atoms with Gasteiger partial charge in [0, 0.05) is 24.4 Å². The van der Waals surface area contributed by atoms with Gasteiger partial charge in [-0.2, -0.15) is 5.26 Å². The molecule has 1 aliphatic heterocycles. The molecule has 3 rings (SSSR count). The Morgan fingerprint density at radius 1 is 1.21 bits per heavy atom. The third-order valence-electron chi connectivity index (χ3n) is 3.75. The van der Waals surface area contributed by atoms with Gasteiger partial charge in [0.2, 0.25) is 0 Å². The number of likely N-dealkylation sites (N-methyl/N-ethyl adjacent to an activating group) is 1. The van der Waals surface area contributed by atoms with Gasteiger partial charge in [-0.3, -0.25) is 9.59 Å². The molecule has 0 radical (unpaired) electrons. The summed E-state index contributed by atoms with van der Waals surface area (Å²) in [5.74, 6) is -1.11. The van der Waals surface area contributed by atoms with Gasteiger partial charge in [-0.1, -0.05) is 24.3 Å². The van der Waals surface area contributed by atoms with Gasteiger partial charge in [0.25, 0.3) is 11.8 Å². The summed E-state index contributed by atoms with van der Waals surface area (Å²) in [4.78, 5) is 26.3. The fraction of sp³-hybridized carbons (Fsp3) is 0.0556. The Bertz CT molecular complexity index is 925. The summed E-state index contributed by atoms with van der Waals surface area (Å²) in [6.07, 6.45) is 0. The highest BCUT2D eigenvalue weighted by Gasteiger charge is 2.34. The Morgan fingerprint density at radius 2 is 1.96 bits per heavy atom. The van der Waals surface area contributed by atoms with E-state index in [9.17, 15) is 20.0 Å². The van der Waals surface area contributed by atoms with Gasteiger partial charge >= 0.3 is 0 Å². The molecule has 0 saturated carbocycles. The number of benzene rings is 2. The number of anilines is 2. The molecule has 118 valence electrons. The lowest BCUT2D eigenvalue weighted by Gasteiger charge is -2.08. The second-order valence-electron chi connectivity index (χ2n) is 5.25. The quantitative estimate of drug-likeness (QED) is 0.656. The number of phenols is 1. The number of nitrogens with one attached hydrogen (secondary N) is 1. The van der Waals surface area contributed by atoms with Crippen LogP contribution in [0.5, 0.6) is 5.75 Å². The van der Waals surface area contributed by atoms with Crippen LogP contribution in [0.25, 0.3) is 5.57 Å². The van der Waals surface area contributed by atoms with Crippen molar-refractivity contribution in [3.8, 4) is 11.8 Å². The zero-order chi connectivity index (χ0) is 17.3. The highest BCUT2D eigenvalue weighted by atomic mass is 16.3. The van der Waals surface area contributed by atoms with E-state index in [4.69, 9.17) is 0 Å². The Balaban J connectivity index is 2.05. The van der Waals surface area contributed by atoms with E-state index in [-0.39, 0.29) is 16.9 Å². The topological polar surface area (TPSA) is 93.4 Å². The average molecular weight is 319 g/mol. The number of aromatic hydroxyl groups is 1. The van der Waals surface area contributed by atoms with E-state index in [1.165, 1.54) is 17.0 Å². The number of carbonyl (C=O) groups is 2. The van der Waals surface area contributed by atoms with Crippen molar-refractivity contribution in [3.63, 3.8) is 0 Å². The molecule has 0 spiro atoms. The molecule has 2 aromatic rings. The van der Waals surface area contributed by atoms with Crippen LogP contribution in [0.1, 0.15) is 5.56 Å². The van der Waals surface area contributed by atoms with Crippen LogP contribution in [0.3, 0.4) is 0 Å². The SMILES string of the molecule is CN1C(=O)C(=C(C#N)C(=O)Nc2cccc(O)c2)c2ccccc21. The van der Waals surface area contributed by atoms with Gasteiger partial charge in [0.15, 0.2) is 0 Å². The van der Waals surface area contributed by atoms with Gasteiger partial charge in [0.1, 0.15) is 17.4 Å². The number of amides is 2. The molecular formula is C18H13N3O3. The molecule has 0 fully saturated rings. The number of phenolic OH excluding ortho intramolecular Hbond substituents is 1. The molecule has 2 aromatic carbocycles. The minimum Gasteiger partial charge on any atom is -0.508 e. The van der Waals surface area contributed by atoms with E-state index in [0.717, 1.165) is 0 Å². The minimum atomic E-state index is -0.698. The first-order chi connectivity index (χ1) is 11.5. The second kappa shape index (κ2) is 5.89. The largest absolute Gasteiger partial charge is 0.508 e. The number of para-hydroxylation sites is 1. The number of hydrogen-bond donors (Lipinski definition) is 2. The molecular weight excluding hydrogens is 306 g/mol. The minimum absolute atomic E-state index is 0.0130. The number of fused-ring (bicyclic) bond motifs is 1. The Morgan fingerprint density at radius 3 is 2.67 bits per heavy atom. The van der Waals surface area contributed by atoms with E-state index >= 15 is 0 Å². The predicted molar refractivity (Wildman–Crippen MR) is 89.1 cm³/mol. The smallest absolute Gasteiger partial charge is 0.267 e. The van der Waals surface area contributed by atoms with E-state index < -0.39 is 11.8 Å².